The van der Waals surface area contributed by atoms with Crippen molar-refractivity contribution in [3.05, 3.63) is 84.1 Å². The van der Waals surface area contributed by atoms with Crippen molar-refractivity contribution in [1.29, 1.82) is 0 Å². The van der Waals surface area contributed by atoms with E-state index in [2.05, 4.69) is 10.5 Å². The van der Waals surface area contributed by atoms with Crippen LogP contribution in [0.1, 0.15) is 16.1 Å². The number of nitrogens with zero attached hydrogens (tertiary/aromatic N) is 1. The van der Waals surface area contributed by atoms with Crippen LogP contribution in [0, 0.1) is 0 Å². The zero-order valence-corrected chi connectivity index (χ0v) is 12.5. The van der Waals surface area contributed by atoms with Crippen molar-refractivity contribution >= 4 is 12.1 Å². The number of amides is 1. The van der Waals surface area contributed by atoms with Gasteiger partial charge < -0.3 is 4.42 Å². The van der Waals surface area contributed by atoms with Gasteiger partial charge in [-0.25, -0.2) is 5.43 Å². The molecule has 0 radical (unpaired) electrons. The van der Waals surface area contributed by atoms with Crippen LogP contribution >= 0.6 is 0 Å². The highest BCUT2D eigenvalue weighted by atomic mass is 16.4. The van der Waals surface area contributed by atoms with Gasteiger partial charge in [-0.1, -0.05) is 60.7 Å². The molecule has 114 valence electrons. The van der Waals surface area contributed by atoms with Crippen molar-refractivity contribution in [2.45, 2.75) is 6.42 Å². The summed E-state index contributed by atoms with van der Waals surface area (Å²) in [5.74, 6) is 0.529. The standard InChI is InChI=1S/C19H16N2O2/c22-19(21-20-14-13-15-7-3-1-4-8-15)18-12-11-17(23-18)16-9-5-2-6-10-16/h1-12,14H,13H2,(H,21,22). The molecule has 0 aliphatic heterocycles. The molecule has 23 heavy (non-hydrogen) atoms. The van der Waals surface area contributed by atoms with Crippen LogP contribution in [0.3, 0.4) is 0 Å². The molecule has 0 fully saturated rings. The minimum absolute atomic E-state index is 0.237. The molecule has 0 spiro atoms. The van der Waals surface area contributed by atoms with E-state index in [9.17, 15) is 4.79 Å². The zero-order chi connectivity index (χ0) is 15.9. The zero-order valence-electron chi connectivity index (χ0n) is 12.5. The van der Waals surface area contributed by atoms with Crippen molar-refractivity contribution in [2.75, 3.05) is 0 Å². The lowest BCUT2D eigenvalue weighted by Gasteiger charge is -1.97. The third-order valence-corrected chi connectivity index (χ3v) is 3.32. The van der Waals surface area contributed by atoms with Crippen LogP contribution in [0.5, 0.6) is 0 Å². The number of benzene rings is 2. The van der Waals surface area contributed by atoms with Crippen molar-refractivity contribution in [1.82, 2.24) is 5.43 Å². The Kier molecular flexibility index (Phi) is 4.64. The van der Waals surface area contributed by atoms with Crippen LogP contribution in [0.15, 0.2) is 82.3 Å². The molecule has 0 atom stereocenters. The van der Waals surface area contributed by atoms with E-state index >= 15 is 0 Å². The van der Waals surface area contributed by atoms with Gasteiger partial charge in [-0.3, -0.25) is 4.79 Å². The van der Waals surface area contributed by atoms with Crippen molar-refractivity contribution in [3.8, 4) is 11.3 Å². The largest absolute Gasteiger partial charge is 0.451 e. The van der Waals surface area contributed by atoms with Crippen molar-refractivity contribution in [2.24, 2.45) is 5.10 Å². The first-order valence-corrected chi connectivity index (χ1v) is 7.34. The minimum Gasteiger partial charge on any atom is -0.451 e. The second-order valence-electron chi connectivity index (χ2n) is 4.97. The molecule has 0 aliphatic carbocycles. The molecule has 0 saturated heterocycles. The third kappa shape index (κ3) is 3.95. The Labute approximate surface area is 134 Å². The second-order valence-corrected chi connectivity index (χ2v) is 4.97. The number of furan rings is 1. The van der Waals surface area contributed by atoms with Gasteiger partial charge in [0.15, 0.2) is 5.76 Å². The summed E-state index contributed by atoms with van der Waals surface area (Å²) in [7, 11) is 0. The molecule has 0 aliphatic rings. The molecule has 0 saturated carbocycles. The Morgan fingerprint density at radius 3 is 2.39 bits per heavy atom. The van der Waals surface area contributed by atoms with Crippen LogP contribution in [0.25, 0.3) is 11.3 Å². The fourth-order valence-electron chi connectivity index (χ4n) is 2.14. The van der Waals surface area contributed by atoms with Crippen LogP contribution in [-0.2, 0) is 6.42 Å². The summed E-state index contributed by atoms with van der Waals surface area (Å²) in [5.41, 5.74) is 4.53. The summed E-state index contributed by atoms with van der Waals surface area (Å²) in [6.45, 7) is 0. The van der Waals surface area contributed by atoms with Crippen LogP contribution < -0.4 is 5.43 Å². The first kappa shape index (κ1) is 14.8. The predicted molar refractivity (Wildman–Crippen MR) is 90.2 cm³/mol. The van der Waals surface area contributed by atoms with Crippen LogP contribution in [-0.4, -0.2) is 12.1 Å². The molecular weight excluding hydrogens is 288 g/mol. The van der Waals surface area contributed by atoms with Crippen molar-refractivity contribution in [3.63, 3.8) is 0 Å². The Morgan fingerprint density at radius 2 is 1.65 bits per heavy atom. The van der Waals surface area contributed by atoms with Gasteiger partial charge in [0, 0.05) is 18.2 Å². The smallest absolute Gasteiger partial charge is 0.307 e. The lowest BCUT2D eigenvalue weighted by Crippen LogP contribution is -2.16. The molecule has 0 bridgehead atoms. The summed E-state index contributed by atoms with van der Waals surface area (Å²) in [6.07, 6.45) is 2.32. The maximum absolute atomic E-state index is 12.0. The fraction of sp³-hybridized carbons (Fsp3) is 0.0526. The minimum atomic E-state index is -0.364. The van der Waals surface area contributed by atoms with Crippen LogP contribution in [0.2, 0.25) is 0 Å². The average Bonchev–Trinajstić information content (AvgIpc) is 3.10. The predicted octanol–water partition coefficient (Wildman–Crippen LogP) is 3.90. The average molecular weight is 304 g/mol. The topological polar surface area (TPSA) is 54.6 Å². The Hall–Kier alpha value is -3.14. The van der Waals surface area contributed by atoms with Gasteiger partial charge in [-0.05, 0) is 17.7 Å². The second kappa shape index (κ2) is 7.22. The van der Waals surface area contributed by atoms with E-state index in [1.807, 2.05) is 60.7 Å². The van der Waals surface area contributed by atoms with E-state index in [4.69, 9.17) is 4.42 Å². The number of hydrogen-bond acceptors (Lipinski definition) is 3. The van der Waals surface area contributed by atoms with Crippen molar-refractivity contribution < 1.29 is 9.21 Å². The molecular formula is C19H16N2O2. The molecule has 1 heterocycles. The fourth-order valence-corrected chi connectivity index (χ4v) is 2.14. The first-order valence-electron chi connectivity index (χ1n) is 7.34. The van der Waals surface area contributed by atoms with Gasteiger partial charge in [0.05, 0.1) is 0 Å². The lowest BCUT2D eigenvalue weighted by molar-refractivity contribution is 0.0928. The Bertz CT molecular complexity index is 793. The van der Waals surface area contributed by atoms with E-state index in [0.717, 1.165) is 11.1 Å². The molecule has 1 aromatic heterocycles. The molecule has 1 amide bonds. The number of hydrazone groups is 1. The maximum atomic E-state index is 12.0. The number of nitrogens with one attached hydrogen (secondary N) is 1. The lowest BCUT2D eigenvalue weighted by atomic mass is 10.2. The first-order chi connectivity index (χ1) is 11.3. The molecule has 4 heteroatoms. The van der Waals surface area contributed by atoms with Crippen LogP contribution in [0.4, 0.5) is 0 Å². The van der Waals surface area contributed by atoms with E-state index in [0.29, 0.717) is 12.2 Å². The highest BCUT2D eigenvalue weighted by Gasteiger charge is 2.11. The van der Waals surface area contributed by atoms with E-state index in [1.165, 1.54) is 0 Å². The quantitative estimate of drug-likeness (QED) is 0.574. The van der Waals surface area contributed by atoms with Gasteiger partial charge in [-0.2, -0.15) is 5.10 Å². The molecule has 0 unspecified atom stereocenters. The van der Waals surface area contributed by atoms with Gasteiger partial charge in [0.1, 0.15) is 5.76 Å². The summed E-state index contributed by atoms with van der Waals surface area (Å²) in [5, 5.41) is 3.94. The Balaban J connectivity index is 1.58. The monoisotopic (exact) mass is 304 g/mol. The number of hydrogen-bond donors (Lipinski definition) is 1. The molecule has 3 rings (SSSR count). The third-order valence-electron chi connectivity index (χ3n) is 3.32. The number of carbonyl (C=O) groups excluding carboxylic acids is 1. The Morgan fingerprint density at radius 1 is 0.957 bits per heavy atom. The maximum Gasteiger partial charge on any atom is 0.307 e. The van der Waals surface area contributed by atoms with Gasteiger partial charge in [0.2, 0.25) is 0 Å². The molecule has 4 nitrogen and oxygen atoms in total. The van der Waals surface area contributed by atoms with Gasteiger partial charge >= 0.3 is 5.91 Å². The summed E-state index contributed by atoms with van der Waals surface area (Å²) in [6, 6.07) is 23.0. The molecule has 3 aromatic rings. The number of carbonyl (C=O) groups is 1. The van der Waals surface area contributed by atoms with E-state index < -0.39 is 0 Å². The highest BCUT2D eigenvalue weighted by Crippen LogP contribution is 2.21. The summed E-state index contributed by atoms with van der Waals surface area (Å²) in [4.78, 5) is 12.0. The summed E-state index contributed by atoms with van der Waals surface area (Å²) < 4.78 is 5.56. The van der Waals surface area contributed by atoms with E-state index in [1.54, 1.807) is 18.3 Å². The normalized spacial score (nSPS) is 10.8. The summed E-state index contributed by atoms with van der Waals surface area (Å²) >= 11 is 0. The molecule has 1 N–H and O–H groups in total. The SMILES string of the molecule is O=C(NN=CCc1ccccc1)c1ccc(-c2ccccc2)o1. The van der Waals surface area contributed by atoms with E-state index in [-0.39, 0.29) is 11.7 Å². The highest BCUT2D eigenvalue weighted by molar-refractivity contribution is 5.92. The number of rotatable bonds is 5. The van der Waals surface area contributed by atoms with Gasteiger partial charge in [-0.15, -0.1) is 0 Å². The van der Waals surface area contributed by atoms with Gasteiger partial charge in [0.25, 0.3) is 0 Å². The molecule has 2 aromatic carbocycles.